The normalized spacial score (nSPS) is 12.3. The molecule has 11 heteroatoms. The Labute approximate surface area is 183 Å². The van der Waals surface area contributed by atoms with Crippen LogP contribution in [-0.2, 0) is 14.8 Å². The van der Waals surface area contributed by atoms with Gasteiger partial charge in [0.15, 0.2) is 0 Å². The number of hydrogen-bond donors (Lipinski definition) is 1. The fraction of sp³-hybridized carbons (Fsp3) is 0.211. The van der Waals surface area contributed by atoms with E-state index in [1.54, 1.807) is 0 Å². The lowest BCUT2D eigenvalue weighted by atomic mass is 10.2. The molecule has 0 aliphatic carbocycles. The molecule has 1 heterocycles. The highest BCUT2D eigenvalue weighted by Crippen LogP contribution is 2.32. The Morgan fingerprint density at radius 3 is 2.50 bits per heavy atom. The molecule has 1 unspecified atom stereocenters. The third-order valence-corrected chi connectivity index (χ3v) is 6.58. The predicted molar refractivity (Wildman–Crippen MR) is 119 cm³/mol. The number of rotatable bonds is 7. The van der Waals surface area contributed by atoms with Crippen molar-refractivity contribution in [3.8, 4) is 16.3 Å². The van der Waals surface area contributed by atoms with Crippen molar-refractivity contribution < 1.29 is 17.9 Å². The molecule has 0 bridgehead atoms. The van der Waals surface area contributed by atoms with E-state index in [9.17, 15) is 13.2 Å². The van der Waals surface area contributed by atoms with Crippen LogP contribution in [0.1, 0.15) is 6.92 Å². The summed E-state index contributed by atoms with van der Waals surface area (Å²) in [6.45, 7) is 1.48. The number of aromatic nitrogens is 2. The molecule has 1 atom stereocenters. The molecular weight excluding hydrogens is 448 g/mol. The van der Waals surface area contributed by atoms with Gasteiger partial charge in [-0.05, 0) is 25.1 Å². The SMILES string of the molecule is COc1ccc(N(C(C)C(=O)Nc2nnc(-c3ccccc3)s2)S(C)(=O)=O)cc1Cl. The number of nitrogens with one attached hydrogen (secondary N) is 1. The fourth-order valence-electron chi connectivity index (χ4n) is 2.78. The Kier molecular flexibility index (Phi) is 6.59. The van der Waals surface area contributed by atoms with Crippen molar-refractivity contribution in [3.05, 3.63) is 53.6 Å². The first-order valence-electron chi connectivity index (χ1n) is 8.73. The topological polar surface area (TPSA) is 101 Å². The molecule has 3 aromatic rings. The van der Waals surface area contributed by atoms with Crippen molar-refractivity contribution in [1.82, 2.24) is 10.2 Å². The molecule has 0 saturated heterocycles. The second-order valence-corrected chi connectivity index (χ2v) is 9.57. The number of amides is 1. The maximum Gasteiger partial charge on any atom is 0.249 e. The van der Waals surface area contributed by atoms with Gasteiger partial charge >= 0.3 is 0 Å². The van der Waals surface area contributed by atoms with E-state index < -0.39 is 22.0 Å². The fourth-order valence-corrected chi connectivity index (χ4v) is 4.95. The van der Waals surface area contributed by atoms with Crippen molar-refractivity contribution >= 4 is 49.7 Å². The van der Waals surface area contributed by atoms with E-state index in [2.05, 4.69) is 15.5 Å². The summed E-state index contributed by atoms with van der Waals surface area (Å²) >= 11 is 7.33. The van der Waals surface area contributed by atoms with E-state index in [0.717, 1.165) is 16.1 Å². The van der Waals surface area contributed by atoms with Gasteiger partial charge in [0, 0.05) is 5.56 Å². The number of carbonyl (C=O) groups is 1. The van der Waals surface area contributed by atoms with Crippen LogP contribution >= 0.6 is 22.9 Å². The number of sulfonamides is 1. The minimum atomic E-state index is -3.79. The number of ether oxygens (including phenoxy) is 1. The van der Waals surface area contributed by atoms with Crippen molar-refractivity contribution in [3.63, 3.8) is 0 Å². The number of nitrogens with zero attached hydrogens (tertiary/aromatic N) is 3. The Hall–Kier alpha value is -2.69. The molecule has 2 aromatic carbocycles. The van der Waals surface area contributed by atoms with Crippen LogP contribution in [0.3, 0.4) is 0 Å². The average Bonchev–Trinajstić information content (AvgIpc) is 3.16. The van der Waals surface area contributed by atoms with Gasteiger partial charge in [0.2, 0.25) is 21.1 Å². The zero-order chi connectivity index (χ0) is 21.9. The van der Waals surface area contributed by atoms with Gasteiger partial charge in [0.1, 0.15) is 16.8 Å². The molecule has 1 aromatic heterocycles. The van der Waals surface area contributed by atoms with Crippen LogP contribution in [0.2, 0.25) is 5.02 Å². The molecule has 8 nitrogen and oxygen atoms in total. The average molecular weight is 467 g/mol. The van der Waals surface area contributed by atoms with E-state index >= 15 is 0 Å². The van der Waals surface area contributed by atoms with Gasteiger partial charge in [-0.25, -0.2) is 8.42 Å². The van der Waals surface area contributed by atoms with E-state index in [4.69, 9.17) is 16.3 Å². The molecule has 3 rings (SSSR count). The molecule has 1 N–H and O–H groups in total. The Bertz CT molecular complexity index is 1150. The first-order valence-corrected chi connectivity index (χ1v) is 11.8. The highest BCUT2D eigenvalue weighted by Gasteiger charge is 2.30. The van der Waals surface area contributed by atoms with E-state index in [1.807, 2.05) is 30.3 Å². The third kappa shape index (κ3) is 4.89. The summed E-state index contributed by atoms with van der Waals surface area (Å²) in [5.41, 5.74) is 1.11. The number of halogens is 1. The largest absolute Gasteiger partial charge is 0.495 e. The van der Waals surface area contributed by atoms with Gasteiger partial charge in [-0.1, -0.05) is 53.3 Å². The standard InChI is InChI=1S/C19H19ClN4O4S2/c1-12(24(30(3,26)27)14-9-10-16(28-2)15(20)11-14)17(25)21-19-23-22-18(29-19)13-7-5-4-6-8-13/h4-12H,1-3H3,(H,21,23,25). The van der Waals surface area contributed by atoms with Crippen LogP contribution < -0.4 is 14.4 Å². The first-order chi connectivity index (χ1) is 14.2. The minimum Gasteiger partial charge on any atom is -0.495 e. The van der Waals surface area contributed by atoms with Gasteiger partial charge in [0.05, 0.1) is 24.1 Å². The second kappa shape index (κ2) is 8.99. The van der Waals surface area contributed by atoms with Crippen LogP contribution in [0, 0.1) is 0 Å². The molecule has 0 spiro atoms. The Morgan fingerprint density at radius 1 is 1.20 bits per heavy atom. The van der Waals surface area contributed by atoms with Crippen LogP contribution in [-0.4, -0.2) is 43.9 Å². The monoisotopic (exact) mass is 466 g/mol. The zero-order valence-electron chi connectivity index (χ0n) is 16.4. The lowest BCUT2D eigenvalue weighted by molar-refractivity contribution is -0.116. The van der Waals surface area contributed by atoms with Gasteiger partial charge in [-0.15, -0.1) is 10.2 Å². The molecular formula is C19H19ClN4O4S2. The first kappa shape index (κ1) is 22.0. The molecule has 0 aliphatic rings. The van der Waals surface area contributed by atoms with Crippen LogP contribution in [0.4, 0.5) is 10.8 Å². The summed E-state index contributed by atoms with van der Waals surface area (Å²) in [7, 11) is -2.33. The highest BCUT2D eigenvalue weighted by atomic mass is 35.5. The molecule has 0 aliphatic heterocycles. The minimum absolute atomic E-state index is 0.230. The van der Waals surface area contributed by atoms with Gasteiger partial charge < -0.3 is 4.74 Å². The summed E-state index contributed by atoms with van der Waals surface area (Å²) < 4.78 is 31.0. The number of carbonyl (C=O) groups excluding carboxylic acids is 1. The predicted octanol–water partition coefficient (Wildman–Crippen LogP) is 3.66. The van der Waals surface area contributed by atoms with Gasteiger partial charge in [-0.3, -0.25) is 14.4 Å². The third-order valence-electron chi connectivity index (χ3n) is 4.15. The number of benzene rings is 2. The van der Waals surface area contributed by atoms with Crippen molar-refractivity contribution in [2.45, 2.75) is 13.0 Å². The van der Waals surface area contributed by atoms with Gasteiger partial charge in [0.25, 0.3) is 0 Å². The van der Waals surface area contributed by atoms with Crippen molar-refractivity contribution in [2.75, 3.05) is 23.0 Å². The van der Waals surface area contributed by atoms with E-state index in [0.29, 0.717) is 10.8 Å². The zero-order valence-corrected chi connectivity index (χ0v) is 18.8. The number of hydrogen-bond acceptors (Lipinski definition) is 7. The number of anilines is 2. The summed E-state index contributed by atoms with van der Waals surface area (Å²) in [4.78, 5) is 12.8. The summed E-state index contributed by atoms with van der Waals surface area (Å²) in [5, 5.41) is 11.8. The van der Waals surface area contributed by atoms with Crippen LogP contribution in [0.25, 0.3) is 10.6 Å². The van der Waals surface area contributed by atoms with Crippen LogP contribution in [0.15, 0.2) is 48.5 Å². The Morgan fingerprint density at radius 2 is 1.90 bits per heavy atom. The number of methoxy groups -OCH3 is 1. The Balaban J connectivity index is 1.83. The highest BCUT2D eigenvalue weighted by molar-refractivity contribution is 7.92. The smallest absolute Gasteiger partial charge is 0.249 e. The lowest BCUT2D eigenvalue weighted by Gasteiger charge is -2.28. The summed E-state index contributed by atoms with van der Waals surface area (Å²) in [6, 6.07) is 12.8. The molecule has 0 saturated carbocycles. The second-order valence-electron chi connectivity index (χ2n) is 6.32. The summed E-state index contributed by atoms with van der Waals surface area (Å²) in [5.74, 6) is -0.156. The summed E-state index contributed by atoms with van der Waals surface area (Å²) in [6.07, 6.45) is 1.02. The molecule has 1 amide bonds. The molecule has 158 valence electrons. The lowest BCUT2D eigenvalue weighted by Crippen LogP contribution is -2.45. The van der Waals surface area contributed by atoms with Crippen LogP contribution in [0.5, 0.6) is 5.75 Å². The maximum atomic E-state index is 12.8. The molecule has 0 radical (unpaired) electrons. The molecule has 0 fully saturated rings. The van der Waals surface area contributed by atoms with Crippen molar-refractivity contribution in [2.24, 2.45) is 0 Å². The van der Waals surface area contributed by atoms with Crippen molar-refractivity contribution in [1.29, 1.82) is 0 Å². The quantitative estimate of drug-likeness (QED) is 0.570. The molecule has 30 heavy (non-hydrogen) atoms. The maximum absolute atomic E-state index is 12.8. The van der Waals surface area contributed by atoms with E-state index in [-0.39, 0.29) is 15.8 Å². The van der Waals surface area contributed by atoms with Gasteiger partial charge in [-0.2, -0.15) is 0 Å². The van der Waals surface area contributed by atoms with E-state index in [1.165, 1.54) is 43.6 Å².